The number of ether oxygens (including phenoxy) is 1. The lowest BCUT2D eigenvalue weighted by atomic mass is 9.93. The van der Waals surface area contributed by atoms with Gasteiger partial charge in [0.25, 0.3) is 0 Å². The number of piperidine rings is 1. The Morgan fingerprint density at radius 1 is 1.25 bits per heavy atom. The zero-order valence-electron chi connectivity index (χ0n) is 14.8. The summed E-state index contributed by atoms with van der Waals surface area (Å²) >= 11 is 1.78. The molecule has 24 heavy (non-hydrogen) atoms. The maximum absolute atomic E-state index is 12.9. The van der Waals surface area contributed by atoms with Gasteiger partial charge >= 0.3 is 0 Å². The highest BCUT2D eigenvalue weighted by Crippen LogP contribution is 2.27. The van der Waals surface area contributed by atoms with Crippen LogP contribution in [0.25, 0.3) is 0 Å². The monoisotopic (exact) mass is 348 g/mol. The predicted molar refractivity (Wildman–Crippen MR) is 98.4 cm³/mol. The van der Waals surface area contributed by atoms with Gasteiger partial charge in [-0.25, -0.2) is 0 Å². The number of hydrogen-bond acceptors (Lipinski definition) is 4. The Morgan fingerprint density at radius 3 is 2.75 bits per heavy atom. The van der Waals surface area contributed by atoms with Gasteiger partial charge in [-0.05, 0) is 61.9 Å². The lowest BCUT2D eigenvalue weighted by Gasteiger charge is -2.36. The van der Waals surface area contributed by atoms with E-state index in [1.807, 2.05) is 0 Å². The lowest BCUT2D eigenvalue weighted by molar-refractivity contribution is -0.138. The van der Waals surface area contributed by atoms with Crippen LogP contribution in [0.15, 0.2) is 23.1 Å². The van der Waals surface area contributed by atoms with Crippen molar-refractivity contribution >= 4 is 17.7 Å². The minimum absolute atomic E-state index is 0.204. The minimum Gasteiger partial charge on any atom is -0.383 e. The first kappa shape index (κ1) is 17.8. The molecule has 4 nitrogen and oxygen atoms in total. The normalized spacial score (nSPS) is 19.3. The fourth-order valence-electron chi connectivity index (χ4n) is 3.73. The van der Waals surface area contributed by atoms with Crippen LogP contribution in [0.5, 0.6) is 0 Å². The van der Waals surface area contributed by atoms with E-state index in [9.17, 15) is 4.79 Å². The summed E-state index contributed by atoms with van der Waals surface area (Å²) in [4.78, 5) is 18.7. The van der Waals surface area contributed by atoms with E-state index in [4.69, 9.17) is 4.74 Å². The van der Waals surface area contributed by atoms with Crippen molar-refractivity contribution in [1.29, 1.82) is 0 Å². The van der Waals surface area contributed by atoms with E-state index in [2.05, 4.69) is 34.3 Å². The number of fused-ring (bicyclic) bond motifs is 1. The highest BCUT2D eigenvalue weighted by atomic mass is 32.2. The van der Waals surface area contributed by atoms with Crippen LogP contribution < -0.4 is 0 Å². The van der Waals surface area contributed by atoms with Crippen LogP contribution >= 0.6 is 11.8 Å². The van der Waals surface area contributed by atoms with E-state index in [-0.39, 0.29) is 5.92 Å². The van der Waals surface area contributed by atoms with Crippen LogP contribution in [0.3, 0.4) is 0 Å². The number of hydrogen-bond donors (Lipinski definition) is 0. The van der Waals surface area contributed by atoms with Crippen LogP contribution in [-0.4, -0.2) is 61.9 Å². The lowest BCUT2D eigenvalue weighted by Crippen LogP contribution is -2.44. The quantitative estimate of drug-likeness (QED) is 0.766. The summed E-state index contributed by atoms with van der Waals surface area (Å²) < 4.78 is 5.15. The van der Waals surface area contributed by atoms with Crippen molar-refractivity contribution in [3.05, 3.63) is 29.3 Å². The van der Waals surface area contributed by atoms with Crippen LogP contribution in [0.4, 0.5) is 0 Å². The summed E-state index contributed by atoms with van der Waals surface area (Å²) in [5.41, 5.74) is 2.74. The summed E-state index contributed by atoms with van der Waals surface area (Å²) in [6.45, 7) is 5.44. The Balaban J connectivity index is 1.55. The molecule has 1 aromatic carbocycles. The summed E-state index contributed by atoms with van der Waals surface area (Å²) in [6, 6.07) is 6.66. The van der Waals surface area contributed by atoms with Crippen LogP contribution in [0.2, 0.25) is 0 Å². The van der Waals surface area contributed by atoms with Crippen LogP contribution in [0.1, 0.15) is 24.0 Å². The zero-order valence-corrected chi connectivity index (χ0v) is 15.6. The molecule has 0 N–H and O–H groups in total. The summed E-state index contributed by atoms with van der Waals surface area (Å²) in [7, 11) is 1.74. The minimum atomic E-state index is 0.204. The molecule has 0 aliphatic carbocycles. The van der Waals surface area contributed by atoms with E-state index in [1.165, 1.54) is 16.0 Å². The third-order valence-electron chi connectivity index (χ3n) is 5.29. The maximum atomic E-state index is 12.9. The number of methoxy groups -OCH3 is 1. The molecule has 1 aromatic rings. The molecule has 2 heterocycles. The van der Waals surface area contributed by atoms with E-state index in [0.29, 0.717) is 5.91 Å². The van der Waals surface area contributed by atoms with Gasteiger partial charge in [0.05, 0.1) is 6.61 Å². The molecule has 2 aliphatic heterocycles. The molecule has 0 spiro atoms. The van der Waals surface area contributed by atoms with Gasteiger partial charge in [-0.15, -0.1) is 11.8 Å². The van der Waals surface area contributed by atoms with Crippen molar-refractivity contribution in [2.75, 3.05) is 46.2 Å². The molecular formula is C19H28N2O2S. The number of thioether (sulfide) groups is 1. The molecule has 0 radical (unpaired) electrons. The molecule has 0 unspecified atom stereocenters. The van der Waals surface area contributed by atoms with E-state index >= 15 is 0 Å². The van der Waals surface area contributed by atoms with Crippen molar-refractivity contribution in [3.8, 4) is 0 Å². The zero-order chi connectivity index (χ0) is 16.9. The Kier molecular flexibility index (Phi) is 6.19. The summed E-state index contributed by atoms with van der Waals surface area (Å²) in [5, 5.41) is 0. The Morgan fingerprint density at radius 2 is 2.04 bits per heavy atom. The maximum Gasteiger partial charge on any atom is 0.226 e. The fourth-order valence-corrected chi connectivity index (χ4v) is 4.19. The van der Waals surface area contributed by atoms with Crippen LogP contribution in [0, 0.1) is 5.92 Å². The predicted octanol–water partition coefficient (Wildman–Crippen LogP) is 2.65. The smallest absolute Gasteiger partial charge is 0.226 e. The second-order valence-corrected chi connectivity index (χ2v) is 7.63. The van der Waals surface area contributed by atoms with Crippen molar-refractivity contribution in [3.63, 3.8) is 0 Å². The molecule has 0 saturated carbocycles. The van der Waals surface area contributed by atoms with Gasteiger partial charge in [0.2, 0.25) is 5.91 Å². The highest BCUT2D eigenvalue weighted by molar-refractivity contribution is 7.98. The first-order chi connectivity index (χ1) is 11.7. The van der Waals surface area contributed by atoms with Crippen molar-refractivity contribution in [2.24, 2.45) is 5.92 Å². The van der Waals surface area contributed by atoms with E-state index in [1.54, 1.807) is 18.9 Å². The number of carbonyl (C=O) groups is 1. The highest BCUT2D eigenvalue weighted by Gasteiger charge is 2.30. The van der Waals surface area contributed by atoms with Crippen molar-refractivity contribution < 1.29 is 9.53 Å². The van der Waals surface area contributed by atoms with E-state index in [0.717, 1.165) is 58.6 Å². The first-order valence-corrected chi connectivity index (χ1v) is 10.1. The average molecular weight is 349 g/mol. The molecule has 1 fully saturated rings. The summed E-state index contributed by atoms with van der Waals surface area (Å²) in [5.74, 6) is 0.566. The second-order valence-electron chi connectivity index (χ2n) is 6.75. The van der Waals surface area contributed by atoms with Gasteiger partial charge in [-0.1, -0.05) is 6.07 Å². The Hall–Kier alpha value is -1.04. The fraction of sp³-hybridized carbons (Fsp3) is 0.632. The van der Waals surface area contributed by atoms with Crippen molar-refractivity contribution in [1.82, 2.24) is 9.80 Å². The molecule has 5 heteroatoms. The molecule has 0 bridgehead atoms. The number of nitrogens with zero attached hydrogens (tertiary/aromatic N) is 2. The number of likely N-dealkylation sites (tertiary alicyclic amines) is 1. The summed E-state index contributed by atoms with van der Waals surface area (Å²) in [6.07, 6.45) is 5.07. The van der Waals surface area contributed by atoms with Gasteiger partial charge in [-0.3, -0.25) is 4.79 Å². The third-order valence-corrected chi connectivity index (χ3v) is 6.01. The van der Waals surface area contributed by atoms with Gasteiger partial charge in [0.1, 0.15) is 0 Å². The second kappa shape index (κ2) is 8.37. The molecule has 1 saturated heterocycles. The molecule has 0 atom stereocenters. The van der Waals surface area contributed by atoms with Gasteiger partial charge < -0.3 is 14.5 Å². The van der Waals surface area contributed by atoms with Gasteiger partial charge in [0, 0.05) is 37.6 Å². The SMILES string of the molecule is COCCN1CCC(C(=O)N2CCc3cc(SC)ccc3C2)CC1. The van der Waals surface area contributed by atoms with Crippen LogP contribution in [-0.2, 0) is 22.5 Å². The van der Waals surface area contributed by atoms with Crippen molar-refractivity contribution in [2.45, 2.75) is 30.7 Å². The molecule has 132 valence electrons. The molecule has 0 aromatic heterocycles. The average Bonchev–Trinajstić information content (AvgIpc) is 2.65. The number of amides is 1. The largest absolute Gasteiger partial charge is 0.383 e. The molecule has 3 rings (SSSR count). The number of benzene rings is 1. The van der Waals surface area contributed by atoms with Gasteiger partial charge in [-0.2, -0.15) is 0 Å². The number of carbonyl (C=O) groups excluding carboxylic acids is 1. The topological polar surface area (TPSA) is 32.8 Å². The third kappa shape index (κ3) is 4.13. The Bertz CT molecular complexity index is 570. The van der Waals surface area contributed by atoms with Gasteiger partial charge in [0.15, 0.2) is 0 Å². The molecule has 1 amide bonds. The molecular weight excluding hydrogens is 320 g/mol. The number of rotatable bonds is 5. The Labute approximate surface area is 149 Å². The van der Waals surface area contributed by atoms with E-state index < -0.39 is 0 Å². The first-order valence-electron chi connectivity index (χ1n) is 8.87. The standard InChI is InChI=1S/C19H28N2O2S/c1-23-12-11-20-8-5-15(6-9-20)19(22)21-10-7-16-13-18(24-2)4-3-17(16)14-21/h3-4,13,15H,5-12,14H2,1-2H3. The molecule has 2 aliphatic rings.